The maximum absolute atomic E-state index is 13.0. The van der Waals surface area contributed by atoms with Crippen LogP contribution in [0.25, 0.3) is 0 Å². The number of carbonyl (C=O) groups excluding carboxylic acids is 4. The van der Waals surface area contributed by atoms with Gasteiger partial charge in [0, 0.05) is 25.7 Å². The van der Waals surface area contributed by atoms with Crippen LogP contribution in [0.1, 0.15) is 368 Å². The first-order valence-corrected chi connectivity index (χ1v) is 39.8. The van der Waals surface area contributed by atoms with Crippen molar-refractivity contribution in [3.8, 4) is 0 Å². The minimum Gasteiger partial charge on any atom is -0.462 e. The minimum absolute atomic E-state index is 0.106. The van der Waals surface area contributed by atoms with Crippen LogP contribution < -0.4 is 0 Å². The van der Waals surface area contributed by atoms with E-state index >= 15 is 0 Å². The predicted molar refractivity (Wildman–Crippen MR) is 359 cm³/mol. The molecule has 0 rings (SSSR count). The van der Waals surface area contributed by atoms with E-state index in [-0.39, 0.29) is 25.7 Å². The standard InChI is InChI=1S/C70H136O17P2/c1-5-9-13-17-21-25-27-28-29-30-31-32-33-34-35-37-41-45-49-53-57-70(75)87-66(61-81-68(73)55-51-47-43-40-36-26-22-18-14-10-6-2)63-85-89(78,79)83-59-64(71)58-82-88(76,77)84-62-65(86-69(74)56-52-48-44-39-24-20-16-12-8-4)60-80-67(72)54-50-46-42-38-23-19-15-11-7-3/h64-66,71H,5-63H2,1-4H3,(H,76,77)(H,78,79)/t64-,65+,66+/m0/s1. The van der Waals surface area contributed by atoms with Gasteiger partial charge in [0.05, 0.1) is 26.4 Å². The first-order chi connectivity index (χ1) is 43.2. The van der Waals surface area contributed by atoms with Gasteiger partial charge in [-0.05, 0) is 25.7 Å². The van der Waals surface area contributed by atoms with Crippen molar-refractivity contribution >= 4 is 39.5 Å². The minimum atomic E-state index is -4.95. The number of ether oxygens (including phenoxy) is 4. The van der Waals surface area contributed by atoms with Gasteiger partial charge in [-0.2, -0.15) is 0 Å². The smallest absolute Gasteiger partial charge is 0.462 e. The number of hydrogen-bond donors (Lipinski definition) is 3. The van der Waals surface area contributed by atoms with Crippen LogP contribution in [0.3, 0.4) is 0 Å². The van der Waals surface area contributed by atoms with Gasteiger partial charge >= 0.3 is 39.5 Å². The van der Waals surface area contributed by atoms with Crippen LogP contribution >= 0.6 is 15.6 Å². The second-order valence-corrected chi connectivity index (χ2v) is 28.2. The van der Waals surface area contributed by atoms with Crippen molar-refractivity contribution in [2.45, 2.75) is 386 Å². The van der Waals surface area contributed by atoms with Gasteiger partial charge in [-0.3, -0.25) is 37.3 Å². The maximum Gasteiger partial charge on any atom is 0.472 e. The number of aliphatic hydroxyl groups excluding tert-OH is 1. The molecule has 5 atom stereocenters. The Hall–Kier alpha value is -1.94. The van der Waals surface area contributed by atoms with Crippen molar-refractivity contribution in [1.82, 2.24) is 0 Å². The molecular weight excluding hydrogens is 1170 g/mol. The quantitative estimate of drug-likeness (QED) is 0.0222. The van der Waals surface area contributed by atoms with Gasteiger partial charge in [-0.25, -0.2) is 9.13 Å². The van der Waals surface area contributed by atoms with Gasteiger partial charge in [0.2, 0.25) is 0 Å². The molecule has 0 aromatic rings. The summed E-state index contributed by atoms with van der Waals surface area (Å²) >= 11 is 0. The van der Waals surface area contributed by atoms with Crippen LogP contribution in [0.4, 0.5) is 0 Å². The van der Waals surface area contributed by atoms with Crippen molar-refractivity contribution in [2.75, 3.05) is 39.6 Å². The average molecular weight is 1310 g/mol. The van der Waals surface area contributed by atoms with Crippen molar-refractivity contribution in [3.05, 3.63) is 0 Å². The topological polar surface area (TPSA) is 237 Å². The summed E-state index contributed by atoms with van der Waals surface area (Å²) in [5, 5.41) is 10.6. The Bertz CT molecular complexity index is 1710. The average Bonchev–Trinajstić information content (AvgIpc) is 3.70. The summed E-state index contributed by atoms with van der Waals surface area (Å²) in [7, 11) is -9.89. The molecule has 0 amide bonds. The highest BCUT2D eigenvalue weighted by Crippen LogP contribution is 2.45. The molecule has 19 heteroatoms. The Morgan fingerprint density at radius 3 is 0.663 bits per heavy atom. The van der Waals surface area contributed by atoms with Crippen molar-refractivity contribution in [2.24, 2.45) is 0 Å². The van der Waals surface area contributed by atoms with E-state index in [0.717, 1.165) is 89.9 Å². The number of aliphatic hydroxyl groups is 1. The third kappa shape index (κ3) is 64.6. The van der Waals surface area contributed by atoms with E-state index in [1.165, 1.54) is 199 Å². The zero-order valence-electron chi connectivity index (χ0n) is 57.4. The zero-order chi connectivity index (χ0) is 65.4. The van der Waals surface area contributed by atoms with Gasteiger partial charge in [0.1, 0.15) is 19.3 Å². The molecule has 0 spiro atoms. The van der Waals surface area contributed by atoms with Crippen LogP contribution in [-0.4, -0.2) is 96.7 Å². The molecule has 0 aliphatic carbocycles. The number of carbonyl (C=O) groups is 4. The third-order valence-electron chi connectivity index (χ3n) is 16.4. The molecule has 3 N–H and O–H groups in total. The fourth-order valence-electron chi connectivity index (χ4n) is 10.7. The Balaban J connectivity index is 5.15. The molecular formula is C70H136O17P2. The third-order valence-corrected chi connectivity index (χ3v) is 18.3. The highest BCUT2D eigenvalue weighted by molar-refractivity contribution is 7.47. The number of rotatable bonds is 71. The second kappa shape index (κ2) is 64.8. The van der Waals surface area contributed by atoms with Crippen molar-refractivity contribution < 1.29 is 80.2 Å². The summed E-state index contributed by atoms with van der Waals surface area (Å²) in [6.45, 7) is 4.90. The van der Waals surface area contributed by atoms with Crippen LogP contribution in [0.5, 0.6) is 0 Å². The number of phosphoric acid groups is 2. The largest absolute Gasteiger partial charge is 0.472 e. The van der Waals surface area contributed by atoms with Gasteiger partial charge in [0.15, 0.2) is 12.2 Å². The first-order valence-electron chi connectivity index (χ1n) is 36.8. The molecule has 0 aliphatic heterocycles. The molecule has 528 valence electrons. The fourth-order valence-corrected chi connectivity index (χ4v) is 12.3. The van der Waals surface area contributed by atoms with E-state index in [1.807, 2.05) is 0 Å². The first kappa shape index (κ1) is 87.1. The Labute approximate surface area is 543 Å². The maximum atomic E-state index is 13.0. The highest BCUT2D eigenvalue weighted by atomic mass is 31.2. The van der Waals surface area contributed by atoms with Crippen molar-refractivity contribution in [1.29, 1.82) is 0 Å². The number of hydrogen-bond acceptors (Lipinski definition) is 15. The molecule has 89 heavy (non-hydrogen) atoms. The zero-order valence-corrected chi connectivity index (χ0v) is 59.2. The normalized spacial score (nSPS) is 14.0. The lowest BCUT2D eigenvalue weighted by Crippen LogP contribution is -2.30. The van der Waals surface area contributed by atoms with E-state index in [4.69, 9.17) is 37.0 Å². The van der Waals surface area contributed by atoms with Crippen LogP contribution in [0.15, 0.2) is 0 Å². The van der Waals surface area contributed by atoms with Crippen molar-refractivity contribution in [3.63, 3.8) is 0 Å². The summed E-state index contributed by atoms with van der Waals surface area (Å²) in [5.74, 6) is -2.12. The Morgan fingerprint density at radius 1 is 0.270 bits per heavy atom. The molecule has 0 aromatic heterocycles. The Morgan fingerprint density at radius 2 is 0.449 bits per heavy atom. The van der Waals surface area contributed by atoms with Crippen LogP contribution in [-0.2, 0) is 65.4 Å². The summed E-state index contributed by atoms with van der Waals surface area (Å²) in [4.78, 5) is 72.4. The molecule has 2 unspecified atom stereocenters. The molecule has 0 saturated carbocycles. The summed E-state index contributed by atoms with van der Waals surface area (Å²) < 4.78 is 68.2. The van der Waals surface area contributed by atoms with E-state index in [9.17, 15) is 43.2 Å². The van der Waals surface area contributed by atoms with Gasteiger partial charge in [0.25, 0.3) is 0 Å². The molecule has 0 saturated heterocycles. The van der Waals surface area contributed by atoms with Gasteiger partial charge in [-0.15, -0.1) is 0 Å². The lowest BCUT2D eigenvalue weighted by molar-refractivity contribution is -0.161. The summed E-state index contributed by atoms with van der Waals surface area (Å²) in [6, 6.07) is 0. The van der Waals surface area contributed by atoms with E-state index in [1.54, 1.807) is 0 Å². The molecule has 0 bridgehead atoms. The van der Waals surface area contributed by atoms with E-state index in [0.29, 0.717) is 25.7 Å². The number of esters is 4. The fraction of sp³-hybridized carbons (Fsp3) is 0.943. The summed E-state index contributed by atoms with van der Waals surface area (Å²) in [5.41, 5.74) is 0. The highest BCUT2D eigenvalue weighted by Gasteiger charge is 2.30. The van der Waals surface area contributed by atoms with E-state index < -0.39 is 97.5 Å². The van der Waals surface area contributed by atoms with E-state index in [2.05, 4.69) is 27.7 Å². The molecule has 0 aliphatic rings. The molecule has 0 fully saturated rings. The number of phosphoric ester groups is 2. The SMILES string of the molecule is CCCCCCCCCCCCCCCCCCCCCCC(=O)O[C@H](COC(=O)CCCCCCCCCCCCC)COP(=O)(O)OC[C@@H](O)COP(=O)(O)OC[C@@H](COC(=O)CCCCCCCCCCC)OC(=O)CCCCCCCCCCC. The van der Waals surface area contributed by atoms with Gasteiger partial charge in [-0.1, -0.05) is 317 Å². The predicted octanol–water partition coefficient (Wildman–Crippen LogP) is 20.3. The second-order valence-electron chi connectivity index (χ2n) is 25.3. The van der Waals surface area contributed by atoms with Gasteiger partial charge < -0.3 is 33.8 Å². The Kier molecular flexibility index (Phi) is 63.3. The number of unbranched alkanes of at least 4 members (excludes halogenated alkanes) is 45. The monoisotopic (exact) mass is 1310 g/mol. The molecule has 0 radical (unpaired) electrons. The lowest BCUT2D eigenvalue weighted by Gasteiger charge is -2.21. The summed E-state index contributed by atoms with van der Waals surface area (Å²) in [6.07, 6.45) is 52.8. The lowest BCUT2D eigenvalue weighted by atomic mass is 10.0. The molecule has 17 nitrogen and oxygen atoms in total. The van der Waals surface area contributed by atoms with Crippen LogP contribution in [0.2, 0.25) is 0 Å². The molecule has 0 aromatic carbocycles. The van der Waals surface area contributed by atoms with Crippen LogP contribution in [0, 0.1) is 0 Å². The molecule has 0 heterocycles.